The summed E-state index contributed by atoms with van der Waals surface area (Å²) in [6, 6.07) is 15.3. The first-order chi connectivity index (χ1) is 14.5. The largest absolute Gasteiger partial charge is 0.326 e. The number of amides is 2. The molecule has 0 spiro atoms. The minimum Gasteiger partial charge on any atom is -0.326 e. The Morgan fingerprint density at radius 1 is 0.867 bits per heavy atom. The minimum atomic E-state index is -0.491. The van der Waals surface area contributed by atoms with E-state index in [1.807, 2.05) is 30.3 Å². The van der Waals surface area contributed by atoms with Crippen molar-refractivity contribution in [1.82, 2.24) is 9.80 Å². The number of nitro benzene ring substituents is 1. The summed E-state index contributed by atoms with van der Waals surface area (Å²) in [5.74, 6) is -0.217. The van der Waals surface area contributed by atoms with Gasteiger partial charge in [0.05, 0.1) is 11.5 Å². The number of hydrogen-bond donors (Lipinski definition) is 2. The second kappa shape index (κ2) is 10.5. The van der Waals surface area contributed by atoms with E-state index >= 15 is 0 Å². The highest BCUT2D eigenvalue weighted by atomic mass is 16.6. The Labute approximate surface area is 174 Å². The van der Waals surface area contributed by atoms with Crippen molar-refractivity contribution in [3.63, 3.8) is 0 Å². The van der Waals surface area contributed by atoms with E-state index in [4.69, 9.17) is 0 Å². The van der Waals surface area contributed by atoms with Gasteiger partial charge >= 0.3 is 0 Å². The van der Waals surface area contributed by atoms with Crippen LogP contribution in [0.3, 0.4) is 0 Å². The lowest BCUT2D eigenvalue weighted by Crippen LogP contribution is -2.49. The average molecular weight is 411 g/mol. The average Bonchev–Trinajstić information content (AvgIpc) is 2.74. The van der Waals surface area contributed by atoms with Crippen LogP contribution in [0.25, 0.3) is 0 Å². The maximum Gasteiger partial charge on any atom is 0.271 e. The summed E-state index contributed by atoms with van der Waals surface area (Å²) in [5.41, 5.74) is 1.15. The van der Waals surface area contributed by atoms with E-state index in [1.165, 1.54) is 12.1 Å². The van der Waals surface area contributed by atoms with Crippen LogP contribution in [0.1, 0.15) is 6.42 Å². The van der Waals surface area contributed by atoms with Gasteiger partial charge in [0.25, 0.3) is 5.69 Å². The molecule has 2 aromatic rings. The SMILES string of the molecule is O=C(CCN1CCN(CC(=O)Nc2ccccc2)CC1)Nc1cccc([N+](=O)[O-])c1. The zero-order chi connectivity index (χ0) is 21.3. The molecule has 2 N–H and O–H groups in total. The Hall–Kier alpha value is -3.30. The molecule has 9 heteroatoms. The number of carbonyl (C=O) groups is 2. The molecule has 30 heavy (non-hydrogen) atoms. The number of hydrogen-bond acceptors (Lipinski definition) is 6. The number of rotatable bonds is 8. The standard InChI is InChI=1S/C21H25N5O4/c27-20(23-18-7-4-8-19(15-18)26(29)30)9-10-24-11-13-25(14-12-24)16-21(28)22-17-5-2-1-3-6-17/h1-8,15H,9-14,16H2,(H,22,28)(H,23,27). The van der Waals surface area contributed by atoms with Gasteiger partial charge in [-0.25, -0.2) is 0 Å². The number of benzene rings is 2. The van der Waals surface area contributed by atoms with Gasteiger partial charge in [-0.3, -0.25) is 24.6 Å². The number of non-ortho nitro benzene ring substituents is 1. The van der Waals surface area contributed by atoms with E-state index in [1.54, 1.807) is 12.1 Å². The van der Waals surface area contributed by atoms with Gasteiger partial charge in [0.1, 0.15) is 0 Å². The Kier molecular flexibility index (Phi) is 7.47. The maximum absolute atomic E-state index is 12.2. The number of nitro groups is 1. The van der Waals surface area contributed by atoms with Crippen molar-refractivity contribution in [3.05, 3.63) is 64.7 Å². The Balaban J connectivity index is 1.35. The molecule has 2 aromatic carbocycles. The summed E-state index contributed by atoms with van der Waals surface area (Å²) in [7, 11) is 0. The molecule has 0 aromatic heterocycles. The second-order valence-electron chi connectivity index (χ2n) is 7.14. The number of piperazine rings is 1. The Morgan fingerprint density at radius 3 is 2.20 bits per heavy atom. The van der Waals surface area contributed by atoms with E-state index in [-0.39, 0.29) is 17.5 Å². The highest BCUT2D eigenvalue weighted by Gasteiger charge is 2.19. The molecule has 2 amide bonds. The minimum absolute atomic E-state index is 0.0361. The zero-order valence-corrected chi connectivity index (χ0v) is 16.6. The van der Waals surface area contributed by atoms with E-state index < -0.39 is 4.92 Å². The van der Waals surface area contributed by atoms with Gasteiger partial charge < -0.3 is 15.5 Å². The molecular weight excluding hydrogens is 386 g/mol. The summed E-state index contributed by atoms with van der Waals surface area (Å²) in [5, 5.41) is 16.4. The summed E-state index contributed by atoms with van der Waals surface area (Å²) in [6.45, 7) is 4.02. The molecule has 1 fully saturated rings. The molecule has 1 heterocycles. The topological polar surface area (TPSA) is 108 Å². The summed E-state index contributed by atoms with van der Waals surface area (Å²) in [4.78, 5) is 38.9. The highest BCUT2D eigenvalue weighted by molar-refractivity contribution is 5.92. The predicted octanol–water partition coefficient (Wildman–Crippen LogP) is 2.18. The third-order valence-electron chi connectivity index (χ3n) is 4.89. The number of carbonyl (C=O) groups excluding carboxylic acids is 2. The number of nitrogens with zero attached hydrogens (tertiary/aromatic N) is 3. The van der Waals surface area contributed by atoms with Gasteiger partial charge in [-0.05, 0) is 18.2 Å². The van der Waals surface area contributed by atoms with Crippen LogP contribution in [0.4, 0.5) is 17.1 Å². The monoisotopic (exact) mass is 411 g/mol. The molecule has 0 aliphatic carbocycles. The zero-order valence-electron chi connectivity index (χ0n) is 16.6. The third-order valence-corrected chi connectivity index (χ3v) is 4.89. The molecule has 0 radical (unpaired) electrons. The lowest BCUT2D eigenvalue weighted by atomic mass is 10.2. The molecule has 1 aliphatic rings. The van der Waals surface area contributed by atoms with Gasteiger partial charge in [-0.1, -0.05) is 24.3 Å². The van der Waals surface area contributed by atoms with Crippen LogP contribution >= 0.6 is 0 Å². The van der Waals surface area contributed by atoms with E-state index in [2.05, 4.69) is 20.4 Å². The molecule has 0 unspecified atom stereocenters. The Bertz CT molecular complexity index is 882. The lowest BCUT2D eigenvalue weighted by molar-refractivity contribution is -0.384. The van der Waals surface area contributed by atoms with Crippen LogP contribution in [0.2, 0.25) is 0 Å². The van der Waals surface area contributed by atoms with Crippen LogP contribution < -0.4 is 10.6 Å². The normalized spacial score (nSPS) is 14.8. The van der Waals surface area contributed by atoms with Gasteiger partial charge in [0.15, 0.2) is 0 Å². The Morgan fingerprint density at radius 2 is 1.50 bits per heavy atom. The van der Waals surface area contributed by atoms with E-state index in [0.717, 1.165) is 31.9 Å². The predicted molar refractivity (Wildman–Crippen MR) is 114 cm³/mol. The van der Waals surface area contributed by atoms with E-state index in [9.17, 15) is 19.7 Å². The van der Waals surface area contributed by atoms with Crippen LogP contribution in [0.5, 0.6) is 0 Å². The summed E-state index contributed by atoms with van der Waals surface area (Å²) in [6.07, 6.45) is 0.303. The molecule has 0 bridgehead atoms. The van der Waals surface area contributed by atoms with Gasteiger partial charge in [0.2, 0.25) is 11.8 Å². The fourth-order valence-electron chi connectivity index (χ4n) is 3.28. The molecule has 3 rings (SSSR count). The van der Waals surface area contributed by atoms with Crippen LogP contribution in [0.15, 0.2) is 54.6 Å². The smallest absolute Gasteiger partial charge is 0.271 e. The van der Waals surface area contributed by atoms with Crippen molar-refractivity contribution in [2.45, 2.75) is 6.42 Å². The number of nitrogens with one attached hydrogen (secondary N) is 2. The number of para-hydroxylation sites is 1. The first kappa shape index (κ1) is 21.4. The lowest BCUT2D eigenvalue weighted by Gasteiger charge is -2.34. The summed E-state index contributed by atoms with van der Waals surface area (Å²) < 4.78 is 0. The van der Waals surface area contributed by atoms with Crippen molar-refractivity contribution in [1.29, 1.82) is 0 Å². The fraction of sp³-hybridized carbons (Fsp3) is 0.333. The third kappa shape index (κ3) is 6.64. The molecule has 0 saturated carbocycles. The van der Waals surface area contributed by atoms with Crippen molar-refractivity contribution in [3.8, 4) is 0 Å². The molecule has 158 valence electrons. The van der Waals surface area contributed by atoms with E-state index in [0.29, 0.717) is 25.2 Å². The summed E-state index contributed by atoms with van der Waals surface area (Å²) >= 11 is 0. The van der Waals surface area contributed by atoms with Crippen molar-refractivity contribution < 1.29 is 14.5 Å². The second-order valence-corrected chi connectivity index (χ2v) is 7.14. The number of anilines is 2. The molecule has 1 saturated heterocycles. The first-order valence-electron chi connectivity index (χ1n) is 9.83. The van der Waals surface area contributed by atoms with Crippen LogP contribution in [0, 0.1) is 10.1 Å². The van der Waals surface area contributed by atoms with Crippen molar-refractivity contribution in [2.24, 2.45) is 0 Å². The van der Waals surface area contributed by atoms with Gasteiger partial charge in [0, 0.05) is 62.7 Å². The molecule has 1 aliphatic heterocycles. The van der Waals surface area contributed by atoms with Gasteiger partial charge in [-0.2, -0.15) is 0 Å². The van der Waals surface area contributed by atoms with Crippen LogP contribution in [-0.4, -0.2) is 65.8 Å². The fourth-order valence-corrected chi connectivity index (χ4v) is 3.28. The highest BCUT2D eigenvalue weighted by Crippen LogP contribution is 2.17. The van der Waals surface area contributed by atoms with Crippen molar-refractivity contribution >= 4 is 28.9 Å². The molecular formula is C21H25N5O4. The quantitative estimate of drug-likeness (QED) is 0.509. The van der Waals surface area contributed by atoms with Gasteiger partial charge in [-0.15, -0.1) is 0 Å². The maximum atomic E-state index is 12.2. The van der Waals surface area contributed by atoms with Crippen molar-refractivity contribution in [2.75, 3.05) is 49.9 Å². The first-order valence-corrected chi connectivity index (χ1v) is 9.83. The van der Waals surface area contributed by atoms with Crippen LogP contribution in [-0.2, 0) is 9.59 Å². The molecule has 9 nitrogen and oxygen atoms in total. The molecule has 0 atom stereocenters.